The summed E-state index contributed by atoms with van der Waals surface area (Å²) in [5.74, 6) is 1.25. The Kier molecular flexibility index (Phi) is 3.25. The Morgan fingerprint density at radius 2 is 1.88 bits per heavy atom. The fourth-order valence-electron chi connectivity index (χ4n) is 1.83. The monoisotopic (exact) mass is 220 g/mol. The van der Waals surface area contributed by atoms with Gasteiger partial charge < -0.3 is 9.47 Å². The summed E-state index contributed by atoms with van der Waals surface area (Å²) in [7, 11) is 3.21. The van der Waals surface area contributed by atoms with Crippen molar-refractivity contribution < 1.29 is 14.3 Å². The molecule has 0 saturated heterocycles. The summed E-state index contributed by atoms with van der Waals surface area (Å²) >= 11 is 0. The van der Waals surface area contributed by atoms with E-state index in [1.165, 1.54) is 0 Å². The van der Waals surface area contributed by atoms with Crippen LogP contribution in [0.15, 0.2) is 24.3 Å². The summed E-state index contributed by atoms with van der Waals surface area (Å²) < 4.78 is 10.3. The van der Waals surface area contributed by atoms with Gasteiger partial charge in [0, 0.05) is 12.7 Å². The van der Waals surface area contributed by atoms with Crippen molar-refractivity contribution in [2.45, 2.75) is 18.9 Å². The van der Waals surface area contributed by atoms with Gasteiger partial charge in [0.2, 0.25) is 0 Å². The van der Waals surface area contributed by atoms with Crippen molar-refractivity contribution in [2.75, 3.05) is 14.2 Å². The molecule has 3 heteroatoms. The van der Waals surface area contributed by atoms with Crippen LogP contribution in [0.3, 0.4) is 0 Å². The second kappa shape index (κ2) is 4.66. The molecule has 2 rings (SSSR count). The SMILES string of the molecule is COc1ccc(C(=O)C(OC)C2CC2)cc1. The van der Waals surface area contributed by atoms with Gasteiger partial charge in [0.05, 0.1) is 7.11 Å². The minimum Gasteiger partial charge on any atom is -0.497 e. The lowest BCUT2D eigenvalue weighted by Gasteiger charge is -2.13. The predicted octanol–water partition coefficient (Wildman–Crippen LogP) is 2.30. The highest BCUT2D eigenvalue weighted by Crippen LogP contribution is 2.35. The van der Waals surface area contributed by atoms with Crippen molar-refractivity contribution in [2.24, 2.45) is 5.92 Å². The van der Waals surface area contributed by atoms with Crippen LogP contribution >= 0.6 is 0 Å². The molecule has 1 aromatic carbocycles. The summed E-state index contributed by atoms with van der Waals surface area (Å²) in [5, 5.41) is 0. The molecule has 1 fully saturated rings. The maximum Gasteiger partial charge on any atom is 0.191 e. The molecule has 0 spiro atoms. The normalized spacial score (nSPS) is 16.9. The highest BCUT2D eigenvalue weighted by Gasteiger charge is 2.36. The number of rotatable bonds is 5. The molecule has 1 unspecified atom stereocenters. The Balaban J connectivity index is 2.12. The predicted molar refractivity (Wildman–Crippen MR) is 60.8 cm³/mol. The van der Waals surface area contributed by atoms with Gasteiger partial charge in [-0.05, 0) is 43.0 Å². The molecule has 3 nitrogen and oxygen atoms in total. The minimum atomic E-state index is -0.270. The quantitative estimate of drug-likeness (QED) is 0.714. The van der Waals surface area contributed by atoms with Gasteiger partial charge in [0.1, 0.15) is 11.9 Å². The summed E-state index contributed by atoms with van der Waals surface area (Å²) in [6.45, 7) is 0. The lowest BCUT2D eigenvalue weighted by molar-refractivity contribution is 0.0540. The van der Waals surface area contributed by atoms with Gasteiger partial charge in [-0.25, -0.2) is 0 Å². The van der Waals surface area contributed by atoms with Gasteiger partial charge in [-0.15, -0.1) is 0 Å². The third-order valence-corrected chi connectivity index (χ3v) is 2.94. The molecule has 0 amide bonds. The van der Waals surface area contributed by atoms with Gasteiger partial charge in [-0.2, -0.15) is 0 Å². The van der Waals surface area contributed by atoms with E-state index in [0.717, 1.165) is 18.6 Å². The molecule has 1 saturated carbocycles. The van der Waals surface area contributed by atoms with E-state index in [0.29, 0.717) is 11.5 Å². The van der Waals surface area contributed by atoms with Crippen molar-refractivity contribution in [3.8, 4) is 5.75 Å². The van der Waals surface area contributed by atoms with Crippen LogP contribution in [0.4, 0.5) is 0 Å². The molecule has 0 N–H and O–H groups in total. The average Bonchev–Trinajstić information content (AvgIpc) is 3.14. The van der Waals surface area contributed by atoms with Crippen molar-refractivity contribution in [3.63, 3.8) is 0 Å². The lowest BCUT2D eigenvalue weighted by Crippen LogP contribution is -2.25. The van der Waals surface area contributed by atoms with Gasteiger partial charge in [-0.1, -0.05) is 0 Å². The highest BCUT2D eigenvalue weighted by atomic mass is 16.5. The molecule has 86 valence electrons. The molecule has 1 aliphatic carbocycles. The van der Waals surface area contributed by atoms with Crippen molar-refractivity contribution in [3.05, 3.63) is 29.8 Å². The summed E-state index contributed by atoms with van der Waals surface area (Å²) in [6.07, 6.45) is 1.93. The third kappa shape index (κ3) is 2.25. The standard InChI is InChI=1S/C13H16O3/c1-15-11-7-5-9(6-8-11)12(14)13(16-2)10-3-4-10/h5-8,10,13H,3-4H2,1-2H3. The number of carbonyl (C=O) groups is 1. The zero-order chi connectivity index (χ0) is 11.5. The molecule has 1 aliphatic rings. The lowest BCUT2D eigenvalue weighted by atomic mass is 10.0. The highest BCUT2D eigenvalue weighted by molar-refractivity contribution is 6.00. The first kappa shape index (κ1) is 11.1. The molecule has 1 aromatic rings. The van der Waals surface area contributed by atoms with Crippen LogP contribution in [0.2, 0.25) is 0 Å². The Hall–Kier alpha value is -1.35. The van der Waals surface area contributed by atoms with Gasteiger partial charge >= 0.3 is 0 Å². The molecule has 0 heterocycles. The Labute approximate surface area is 95.4 Å². The van der Waals surface area contributed by atoms with Crippen molar-refractivity contribution in [1.82, 2.24) is 0 Å². The Bertz CT molecular complexity index is 365. The smallest absolute Gasteiger partial charge is 0.191 e. The van der Waals surface area contributed by atoms with E-state index in [9.17, 15) is 4.79 Å². The largest absolute Gasteiger partial charge is 0.497 e. The minimum absolute atomic E-state index is 0.0765. The number of carbonyl (C=O) groups excluding carboxylic acids is 1. The second-order valence-corrected chi connectivity index (χ2v) is 4.09. The fraction of sp³-hybridized carbons (Fsp3) is 0.462. The summed E-state index contributed by atoms with van der Waals surface area (Å²) in [6, 6.07) is 7.17. The maximum absolute atomic E-state index is 12.1. The Morgan fingerprint density at radius 3 is 2.31 bits per heavy atom. The molecular weight excluding hydrogens is 204 g/mol. The second-order valence-electron chi connectivity index (χ2n) is 4.09. The summed E-state index contributed by atoms with van der Waals surface area (Å²) in [5.41, 5.74) is 0.694. The zero-order valence-corrected chi connectivity index (χ0v) is 9.60. The van der Waals surface area contributed by atoms with Crippen LogP contribution < -0.4 is 4.74 Å². The number of Topliss-reactive ketones (excluding diaryl/α,β-unsaturated/α-hetero) is 1. The summed E-state index contributed by atoms with van der Waals surface area (Å²) in [4.78, 5) is 12.1. The van der Waals surface area contributed by atoms with E-state index in [2.05, 4.69) is 0 Å². The first-order chi connectivity index (χ1) is 7.76. The molecule has 0 bridgehead atoms. The molecule has 0 aliphatic heterocycles. The number of benzene rings is 1. The van der Waals surface area contributed by atoms with E-state index < -0.39 is 0 Å². The van der Waals surface area contributed by atoms with E-state index in [-0.39, 0.29) is 11.9 Å². The third-order valence-electron chi connectivity index (χ3n) is 2.94. The van der Waals surface area contributed by atoms with E-state index >= 15 is 0 Å². The zero-order valence-electron chi connectivity index (χ0n) is 9.60. The van der Waals surface area contributed by atoms with E-state index in [1.54, 1.807) is 38.5 Å². The van der Waals surface area contributed by atoms with Crippen LogP contribution in [-0.4, -0.2) is 26.1 Å². The van der Waals surface area contributed by atoms with E-state index in [1.807, 2.05) is 0 Å². The van der Waals surface area contributed by atoms with Crippen LogP contribution in [0.25, 0.3) is 0 Å². The topological polar surface area (TPSA) is 35.5 Å². The van der Waals surface area contributed by atoms with Gasteiger partial charge in [-0.3, -0.25) is 4.79 Å². The Morgan fingerprint density at radius 1 is 1.25 bits per heavy atom. The van der Waals surface area contributed by atoms with Crippen molar-refractivity contribution >= 4 is 5.78 Å². The van der Waals surface area contributed by atoms with Crippen LogP contribution in [0, 0.1) is 5.92 Å². The number of hydrogen-bond donors (Lipinski definition) is 0. The van der Waals surface area contributed by atoms with Crippen LogP contribution in [0.1, 0.15) is 23.2 Å². The number of methoxy groups -OCH3 is 2. The molecule has 16 heavy (non-hydrogen) atoms. The first-order valence-electron chi connectivity index (χ1n) is 5.47. The molecule has 1 atom stereocenters. The number of hydrogen-bond acceptors (Lipinski definition) is 3. The fourth-order valence-corrected chi connectivity index (χ4v) is 1.83. The van der Waals surface area contributed by atoms with Crippen LogP contribution in [-0.2, 0) is 4.74 Å². The number of ether oxygens (including phenoxy) is 2. The average molecular weight is 220 g/mol. The van der Waals surface area contributed by atoms with Gasteiger partial charge in [0.25, 0.3) is 0 Å². The number of ketones is 1. The first-order valence-corrected chi connectivity index (χ1v) is 5.47. The molecule has 0 radical (unpaired) electrons. The molecular formula is C13H16O3. The molecule has 0 aromatic heterocycles. The maximum atomic E-state index is 12.1. The van der Waals surface area contributed by atoms with E-state index in [4.69, 9.17) is 9.47 Å². The van der Waals surface area contributed by atoms with Crippen molar-refractivity contribution in [1.29, 1.82) is 0 Å². The van der Waals surface area contributed by atoms with Gasteiger partial charge in [0.15, 0.2) is 5.78 Å². The van der Waals surface area contributed by atoms with Crippen LogP contribution in [0.5, 0.6) is 5.75 Å².